The number of hydrogen-bond donors (Lipinski definition) is 3. The van der Waals surface area contributed by atoms with Crippen molar-refractivity contribution in [2.75, 3.05) is 39.6 Å². The lowest BCUT2D eigenvalue weighted by Gasteiger charge is -2.21. The van der Waals surface area contributed by atoms with E-state index in [1.54, 1.807) is 0 Å². The molecule has 0 aliphatic carbocycles. The van der Waals surface area contributed by atoms with Crippen LogP contribution >= 0.6 is 15.6 Å². The second-order valence-corrected chi connectivity index (χ2v) is 28.5. The van der Waals surface area contributed by atoms with Crippen LogP contribution in [-0.2, 0) is 65.4 Å². The van der Waals surface area contributed by atoms with Crippen LogP contribution in [0.15, 0.2) is 24.3 Å². The maximum absolute atomic E-state index is 13.0. The molecule has 0 aromatic rings. The van der Waals surface area contributed by atoms with E-state index in [2.05, 4.69) is 72.8 Å². The molecule has 0 amide bonds. The first-order valence-corrected chi connectivity index (χ1v) is 38.7. The van der Waals surface area contributed by atoms with Gasteiger partial charge >= 0.3 is 39.5 Å². The highest BCUT2D eigenvalue weighted by Gasteiger charge is 2.30. The molecule has 0 aromatic heterocycles. The van der Waals surface area contributed by atoms with Crippen LogP contribution in [0.4, 0.5) is 0 Å². The minimum absolute atomic E-state index is 0.0835. The highest BCUT2D eigenvalue weighted by Crippen LogP contribution is 2.45. The van der Waals surface area contributed by atoms with Gasteiger partial charge in [0.15, 0.2) is 12.2 Å². The zero-order valence-corrected chi connectivity index (χ0v) is 59.2. The van der Waals surface area contributed by atoms with E-state index in [4.69, 9.17) is 37.0 Å². The van der Waals surface area contributed by atoms with E-state index < -0.39 is 97.5 Å². The lowest BCUT2D eigenvalue weighted by atomic mass is 10.00. The zero-order valence-electron chi connectivity index (χ0n) is 57.4. The number of esters is 4. The molecule has 0 saturated carbocycles. The first-order chi connectivity index (χ1) is 42.8. The highest BCUT2D eigenvalue weighted by molar-refractivity contribution is 7.47. The van der Waals surface area contributed by atoms with E-state index in [-0.39, 0.29) is 25.7 Å². The van der Waals surface area contributed by atoms with Crippen molar-refractivity contribution in [1.82, 2.24) is 0 Å². The monoisotopic (exact) mass is 1310 g/mol. The first kappa shape index (κ1) is 86.5. The lowest BCUT2D eigenvalue weighted by Crippen LogP contribution is -2.30. The fourth-order valence-corrected chi connectivity index (χ4v) is 11.5. The summed E-state index contributed by atoms with van der Waals surface area (Å²) in [7, 11) is -9.91. The standard InChI is InChI=1S/C70H132O17P2/c1-8-11-12-13-14-15-16-17-18-19-22-26-29-39-46-53-69(74)86-65(58-81-68(73)52-45-38-32-30-35-42-49-62(6)9-2)59-84-88(76,77)82-55-64(71)56-83-89(78,79)85-60-66(87-70(75)54-47-40-33-31-36-43-50-63(7)10-3)57-80-67(72)51-44-37-28-25-23-20-21-24-27-34-41-48-61(4)5/h15-18,61-66,71H,8-14,19-60H2,1-7H3,(H,76,77)(H,78,79)/b16-15-,18-17-/t62?,63?,64-,65+,66+/m0/s1. The molecule has 0 fully saturated rings. The average Bonchev–Trinajstić information content (AvgIpc) is 3.58. The molecule has 0 aliphatic rings. The van der Waals surface area contributed by atoms with Gasteiger partial charge in [-0.1, -0.05) is 272 Å². The van der Waals surface area contributed by atoms with Crippen LogP contribution in [0.2, 0.25) is 0 Å². The van der Waals surface area contributed by atoms with Crippen molar-refractivity contribution in [3.05, 3.63) is 24.3 Å². The minimum Gasteiger partial charge on any atom is -0.462 e. The molecule has 0 rings (SSSR count). The van der Waals surface area contributed by atoms with Gasteiger partial charge in [-0.2, -0.15) is 0 Å². The number of hydrogen-bond acceptors (Lipinski definition) is 15. The summed E-state index contributed by atoms with van der Waals surface area (Å²) in [5, 5.41) is 10.6. The maximum atomic E-state index is 13.0. The van der Waals surface area contributed by atoms with Crippen LogP contribution in [-0.4, -0.2) is 96.7 Å². The number of phosphoric acid groups is 2. The molecule has 7 atom stereocenters. The van der Waals surface area contributed by atoms with E-state index in [0.717, 1.165) is 127 Å². The SMILES string of the molecule is CCCCCC/C=C\C=C/CCCCCCCC(=O)O[C@H](COC(=O)CCCCCCCCC(C)CC)COP(=O)(O)OC[C@H](O)COP(=O)(O)OC[C@@H](COC(=O)CCCCCCCCCCCCCC(C)C)OC(=O)CCCCCCCCC(C)CC. The zero-order chi connectivity index (χ0) is 65.9. The van der Waals surface area contributed by atoms with Crippen molar-refractivity contribution >= 4 is 39.5 Å². The molecule has 0 aliphatic heterocycles. The maximum Gasteiger partial charge on any atom is 0.472 e. The largest absolute Gasteiger partial charge is 0.472 e. The van der Waals surface area contributed by atoms with Gasteiger partial charge in [-0.3, -0.25) is 37.3 Å². The number of aliphatic hydroxyl groups excluding tert-OH is 1. The molecule has 0 saturated heterocycles. The van der Waals surface area contributed by atoms with Crippen LogP contribution in [0.25, 0.3) is 0 Å². The third-order valence-electron chi connectivity index (χ3n) is 16.2. The Bertz CT molecular complexity index is 1850. The van der Waals surface area contributed by atoms with Crippen LogP contribution < -0.4 is 0 Å². The summed E-state index contributed by atoms with van der Waals surface area (Å²) in [6.45, 7) is 11.7. The number of ether oxygens (including phenoxy) is 4. The third kappa shape index (κ3) is 61.5. The van der Waals surface area contributed by atoms with Gasteiger partial charge in [-0.25, -0.2) is 9.13 Å². The molecule has 4 unspecified atom stereocenters. The molecular formula is C70H132O17P2. The van der Waals surface area contributed by atoms with E-state index in [1.807, 2.05) is 0 Å². The highest BCUT2D eigenvalue weighted by atomic mass is 31.2. The van der Waals surface area contributed by atoms with Gasteiger partial charge in [0.1, 0.15) is 19.3 Å². The number of allylic oxidation sites excluding steroid dienone is 4. The predicted octanol–water partition coefficient (Wildman–Crippen LogP) is 19.4. The summed E-state index contributed by atoms with van der Waals surface area (Å²) in [4.78, 5) is 72.5. The number of carbonyl (C=O) groups is 4. The Labute approximate surface area is 542 Å². The number of carbonyl (C=O) groups excluding carboxylic acids is 4. The number of unbranched alkanes of at least 4 members (excludes halogenated alkanes) is 29. The minimum atomic E-state index is -4.96. The molecule has 19 heteroatoms. The Morgan fingerprint density at radius 1 is 0.371 bits per heavy atom. The smallest absolute Gasteiger partial charge is 0.462 e. The van der Waals surface area contributed by atoms with Crippen LogP contribution in [0.1, 0.15) is 325 Å². The first-order valence-electron chi connectivity index (χ1n) is 35.7. The summed E-state index contributed by atoms with van der Waals surface area (Å²) in [5.41, 5.74) is 0. The molecule has 0 bridgehead atoms. The number of phosphoric ester groups is 2. The molecule has 524 valence electrons. The fraction of sp³-hybridized carbons (Fsp3) is 0.886. The van der Waals surface area contributed by atoms with Gasteiger partial charge in [0.05, 0.1) is 26.4 Å². The topological polar surface area (TPSA) is 237 Å². The van der Waals surface area contributed by atoms with Crippen molar-refractivity contribution in [2.45, 2.75) is 343 Å². The van der Waals surface area contributed by atoms with Gasteiger partial charge in [-0.05, 0) is 69.1 Å². The molecular weight excluding hydrogens is 1170 g/mol. The quantitative estimate of drug-likeness (QED) is 0.0169. The molecule has 0 aromatic carbocycles. The molecule has 3 N–H and O–H groups in total. The van der Waals surface area contributed by atoms with Crippen molar-refractivity contribution in [3.8, 4) is 0 Å². The van der Waals surface area contributed by atoms with Crippen molar-refractivity contribution < 1.29 is 80.2 Å². The van der Waals surface area contributed by atoms with Gasteiger partial charge in [0.25, 0.3) is 0 Å². The van der Waals surface area contributed by atoms with Crippen LogP contribution in [0, 0.1) is 17.8 Å². The molecule has 0 spiro atoms. The Morgan fingerprint density at radius 3 is 1.00 bits per heavy atom. The summed E-state index contributed by atoms with van der Waals surface area (Å²) in [6, 6.07) is 0. The molecule has 17 nitrogen and oxygen atoms in total. The average molecular weight is 1310 g/mol. The van der Waals surface area contributed by atoms with E-state index in [1.165, 1.54) is 116 Å². The van der Waals surface area contributed by atoms with E-state index in [9.17, 15) is 43.2 Å². The fourth-order valence-electron chi connectivity index (χ4n) is 9.94. The van der Waals surface area contributed by atoms with Gasteiger partial charge in [0.2, 0.25) is 0 Å². The van der Waals surface area contributed by atoms with Gasteiger partial charge in [0, 0.05) is 25.7 Å². The summed E-state index contributed by atoms with van der Waals surface area (Å²) < 4.78 is 68.2. The number of rotatable bonds is 66. The van der Waals surface area contributed by atoms with Gasteiger partial charge in [-0.15, -0.1) is 0 Å². The Kier molecular flexibility index (Phi) is 58.8. The van der Waals surface area contributed by atoms with E-state index >= 15 is 0 Å². The molecule has 0 heterocycles. The Hall–Kier alpha value is -2.46. The summed E-state index contributed by atoms with van der Waals surface area (Å²) >= 11 is 0. The Balaban J connectivity index is 5.28. The summed E-state index contributed by atoms with van der Waals surface area (Å²) in [5.74, 6) is 0.0541. The Morgan fingerprint density at radius 2 is 0.663 bits per heavy atom. The number of aliphatic hydroxyl groups is 1. The van der Waals surface area contributed by atoms with E-state index in [0.29, 0.717) is 25.7 Å². The molecule has 89 heavy (non-hydrogen) atoms. The second-order valence-electron chi connectivity index (χ2n) is 25.5. The summed E-state index contributed by atoms with van der Waals surface area (Å²) in [6.07, 6.45) is 46.7. The van der Waals surface area contributed by atoms with Gasteiger partial charge < -0.3 is 33.8 Å². The predicted molar refractivity (Wildman–Crippen MR) is 358 cm³/mol. The van der Waals surface area contributed by atoms with Crippen LogP contribution in [0.5, 0.6) is 0 Å². The van der Waals surface area contributed by atoms with Crippen molar-refractivity contribution in [1.29, 1.82) is 0 Å². The normalized spacial score (nSPS) is 15.0. The third-order valence-corrected chi connectivity index (χ3v) is 18.1. The second kappa shape index (κ2) is 60.5. The molecule has 0 radical (unpaired) electrons. The van der Waals surface area contributed by atoms with Crippen molar-refractivity contribution in [3.63, 3.8) is 0 Å². The van der Waals surface area contributed by atoms with Crippen molar-refractivity contribution in [2.24, 2.45) is 17.8 Å². The lowest BCUT2D eigenvalue weighted by molar-refractivity contribution is -0.161. The van der Waals surface area contributed by atoms with Crippen LogP contribution in [0.3, 0.4) is 0 Å².